The van der Waals surface area contributed by atoms with E-state index in [1.54, 1.807) is 0 Å². The van der Waals surface area contributed by atoms with Gasteiger partial charge in [0.15, 0.2) is 0 Å². The van der Waals surface area contributed by atoms with E-state index in [9.17, 15) is 0 Å². The van der Waals surface area contributed by atoms with Crippen molar-refractivity contribution >= 4 is 0 Å². The van der Waals surface area contributed by atoms with Crippen LogP contribution in [0.15, 0.2) is 0 Å². The normalized spacial score (nSPS) is 24.9. The summed E-state index contributed by atoms with van der Waals surface area (Å²) in [6, 6.07) is 0.426. The van der Waals surface area contributed by atoms with Crippen molar-refractivity contribution in [3.05, 3.63) is 0 Å². The first-order chi connectivity index (χ1) is 9.29. The highest BCUT2D eigenvalue weighted by atomic mass is 15.2. The van der Waals surface area contributed by atoms with Crippen LogP contribution in [0.25, 0.3) is 0 Å². The van der Waals surface area contributed by atoms with E-state index in [-0.39, 0.29) is 0 Å². The molecule has 1 aliphatic heterocycles. The van der Waals surface area contributed by atoms with E-state index in [1.807, 2.05) is 0 Å². The van der Waals surface area contributed by atoms with Crippen molar-refractivity contribution in [2.45, 2.75) is 95.6 Å². The molecule has 0 spiro atoms. The molecule has 1 atom stereocenters. The fraction of sp³-hybridized carbons (Fsp3) is 1.00. The molecule has 2 heteroatoms. The van der Waals surface area contributed by atoms with Gasteiger partial charge in [-0.1, -0.05) is 51.9 Å². The van der Waals surface area contributed by atoms with Crippen LogP contribution in [0.1, 0.15) is 84.0 Å². The second kappa shape index (κ2) is 7.64. The summed E-state index contributed by atoms with van der Waals surface area (Å²) in [6.07, 6.45) is 16.4. The summed E-state index contributed by atoms with van der Waals surface area (Å²) < 4.78 is 0. The minimum Gasteiger partial charge on any atom is -0.326 e. The molecule has 2 rings (SSSR count). The molecule has 2 fully saturated rings. The Hall–Kier alpha value is -0.0800. The van der Waals surface area contributed by atoms with Crippen LogP contribution >= 0.6 is 0 Å². The molecule has 2 nitrogen and oxygen atoms in total. The Morgan fingerprint density at radius 2 is 1.58 bits per heavy atom. The van der Waals surface area contributed by atoms with E-state index in [2.05, 4.69) is 11.8 Å². The van der Waals surface area contributed by atoms with Gasteiger partial charge >= 0.3 is 0 Å². The topological polar surface area (TPSA) is 29.3 Å². The highest BCUT2D eigenvalue weighted by Crippen LogP contribution is 2.40. The third kappa shape index (κ3) is 3.72. The summed E-state index contributed by atoms with van der Waals surface area (Å²) in [6.45, 7) is 4.90. The maximum absolute atomic E-state index is 6.67. The third-order valence-corrected chi connectivity index (χ3v) is 5.51. The quantitative estimate of drug-likeness (QED) is 0.671. The molecule has 2 N–H and O–H groups in total. The molecule has 19 heavy (non-hydrogen) atoms. The summed E-state index contributed by atoms with van der Waals surface area (Å²) in [5.41, 5.74) is 7.06. The van der Waals surface area contributed by atoms with Crippen molar-refractivity contribution in [3.8, 4) is 0 Å². The molecule has 1 aliphatic carbocycles. The molecule has 0 amide bonds. The van der Waals surface area contributed by atoms with Gasteiger partial charge in [-0.25, -0.2) is 0 Å². The minimum absolute atomic E-state index is 0.390. The molecule has 112 valence electrons. The average Bonchev–Trinajstić information content (AvgIpc) is 3.09. The molecule has 0 aromatic rings. The van der Waals surface area contributed by atoms with Crippen LogP contribution in [-0.2, 0) is 0 Å². The van der Waals surface area contributed by atoms with Crippen molar-refractivity contribution in [2.75, 3.05) is 13.1 Å². The largest absolute Gasteiger partial charge is 0.326 e. The third-order valence-electron chi connectivity index (χ3n) is 5.51. The van der Waals surface area contributed by atoms with Crippen LogP contribution < -0.4 is 5.73 Å². The van der Waals surface area contributed by atoms with Crippen molar-refractivity contribution in [1.82, 2.24) is 4.90 Å². The lowest BCUT2D eigenvalue weighted by molar-refractivity contribution is 0.0877. The van der Waals surface area contributed by atoms with E-state index in [0.717, 1.165) is 0 Å². The van der Waals surface area contributed by atoms with Crippen LogP contribution in [0, 0.1) is 0 Å². The highest BCUT2D eigenvalue weighted by molar-refractivity contribution is 5.03. The summed E-state index contributed by atoms with van der Waals surface area (Å²) in [5.74, 6) is 0. The lowest BCUT2D eigenvalue weighted by Crippen LogP contribution is -2.57. The Bertz CT molecular complexity index is 240. The summed E-state index contributed by atoms with van der Waals surface area (Å²) in [4.78, 5) is 2.76. The molecule has 1 saturated heterocycles. The number of likely N-dealkylation sites (tertiary alicyclic amines) is 1. The first kappa shape index (κ1) is 15.3. The molecular formula is C17H34N2. The summed E-state index contributed by atoms with van der Waals surface area (Å²) in [7, 11) is 0. The maximum atomic E-state index is 6.67. The number of hydrogen-bond donors (Lipinski definition) is 1. The van der Waals surface area contributed by atoms with E-state index < -0.39 is 0 Å². The smallest absolute Gasteiger partial charge is 0.0360 e. The van der Waals surface area contributed by atoms with Crippen molar-refractivity contribution in [2.24, 2.45) is 5.73 Å². The Labute approximate surface area is 120 Å². The number of unbranched alkanes of at least 4 members (excludes halogenated alkanes) is 4. The number of nitrogens with two attached hydrogens (primary N) is 1. The molecule has 0 aromatic heterocycles. The standard InChI is InChI=1S/C17H34N2/c1-2-3-4-5-6-11-16(18)17(12-7-8-13-17)19-14-9-10-15-19/h16H,2-15,18H2,1H3. The van der Waals surface area contributed by atoms with Gasteiger partial charge in [-0.05, 0) is 45.2 Å². The molecule has 0 aromatic carbocycles. The van der Waals surface area contributed by atoms with Gasteiger partial charge in [0.05, 0.1) is 0 Å². The monoisotopic (exact) mass is 266 g/mol. The average molecular weight is 266 g/mol. The summed E-state index contributed by atoms with van der Waals surface area (Å²) >= 11 is 0. The van der Waals surface area contributed by atoms with E-state index in [1.165, 1.54) is 90.1 Å². The lowest BCUT2D eigenvalue weighted by Gasteiger charge is -2.43. The van der Waals surface area contributed by atoms with Crippen LogP contribution in [-0.4, -0.2) is 29.6 Å². The highest BCUT2D eigenvalue weighted by Gasteiger charge is 2.44. The van der Waals surface area contributed by atoms with Gasteiger partial charge in [0, 0.05) is 11.6 Å². The van der Waals surface area contributed by atoms with Crippen LogP contribution in [0.4, 0.5) is 0 Å². The molecule has 0 bridgehead atoms. The molecule has 2 aliphatic rings. The predicted octanol–water partition coefficient (Wildman–Crippen LogP) is 4.08. The Kier molecular flexibility index (Phi) is 6.15. The van der Waals surface area contributed by atoms with E-state index in [4.69, 9.17) is 5.73 Å². The number of nitrogens with zero attached hydrogens (tertiary/aromatic N) is 1. The van der Waals surface area contributed by atoms with Gasteiger partial charge in [-0.3, -0.25) is 4.90 Å². The van der Waals surface area contributed by atoms with Gasteiger partial charge < -0.3 is 5.73 Å². The van der Waals surface area contributed by atoms with Crippen LogP contribution in [0.3, 0.4) is 0 Å². The lowest BCUT2D eigenvalue weighted by atomic mass is 9.83. The van der Waals surface area contributed by atoms with Gasteiger partial charge in [-0.15, -0.1) is 0 Å². The van der Waals surface area contributed by atoms with Crippen LogP contribution in [0.5, 0.6) is 0 Å². The molecular weight excluding hydrogens is 232 g/mol. The SMILES string of the molecule is CCCCCCCC(N)C1(N2CCCC2)CCCC1. The van der Waals surface area contributed by atoms with Crippen molar-refractivity contribution in [3.63, 3.8) is 0 Å². The molecule has 1 saturated carbocycles. The zero-order valence-corrected chi connectivity index (χ0v) is 13.0. The van der Waals surface area contributed by atoms with Gasteiger partial charge in [0.2, 0.25) is 0 Å². The van der Waals surface area contributed by atoms with E-state index in [0.29, 0.717) is 11.6 Å². The maximum Gasteiger partial charge on any atom is 0.0360 e. The predicted molar refractivity (Wildman–Crippen MR) is 83.4 cm³/mol. The molecule has 1 unspecified atom stereocenters. The first-order valence-corrected chi connectivity index (χ1v) is 8.80. The second-order valence-corrected chi connectivity index (χ2v) is 6.81. The molecule has 0 radical (unpaired) electrons. The minimum atomic E-state index is 0.390. The van der Waals surface area contributed by atoms with Crippen molar-refractivity contribution in [1.29, 1.82) is 0 Å². The second-order valence-electron chi connectivity index (χ2n) is 6.81. The van der Waals surface area contributed by atoms with E-state index >= 15 is 0 Å². The Morgan fingerprint density at radius 3 is 2.21 bits per heavy atom. The van der Waals surface area contributed by atoms with Gasteiger partial charge in [-0.2, -0.15) is 0 Å². The van der Waals surface area contributed by atoms with Crippen LogP contribution in [0.2, 0.25) is 0 Å². The van der Waals surface area contributed by atoms with Gasteiger partial charge in [0.1, 0.15) is 0 Å². The van der Waals surface area contributed by atoms with Crippen molar-refractivity contribution < 1.29 is 0 Å². The Morgan fingerprint density at radius 1 is 0.947 bits per heavy atom. The van der Waals surface area contributed by atoms with Gasteiger partial charge in [0.25, 0.3) is 0 Å². The summed E-state index contributed by atoms with van der Waals surface area (Å²) in [5, 5.41) is 0. The fourth-order valence-electron chi connectivity index (χ4n) is 4.31. The number of hydrogen-bond acceptors (Lipinski definition) is 2. The first-order valence-electron chi connectivity index (χ1n) is 8.80. The fourth-order valence-corrected chi connectivity index (χ4v) is 4.31. The zero-order valence-electron chi connectivity index (χ0n) is 13.0. The number of rotatable bonds is 8. The zero-order chi connectivity index (χ0) is 13.6. The molecule has 1 heterocycles. The Balaban J connectivity index is 1.80.